The predicted octanol–water partition coefficient (Wildman–Crippen LogP) is 6.66. The van der Waals surface area contributed by atoms with Crippen molar-refractivity contribution < 1.29 is 19.1 Å². The van der Waals surface area contributed by atoms with Crippen LogP contribution in [0.5, 0.6) is 11.5 Å². The molecule has 6 rings (SSSR count). The van der Waals surface area contributed by atoms with Gasteiger partial charge in [-0.25, -0.2) is 14.8 Å². The van der Waals surface area contributed by atoms with Crippen LogP contribution >= 0.6 is 34.5 Å². The second kappa shape index (κ2) is 13.7. The first-order valence-corrected chi connectivity index (χ1v) is 16.5. The Morgan fingerprint density at radius 1 is 1.07 bits per heavy atom. The minimum atomic E-state index is -0.401. The molecule has 0 bridgehead atoms. The second-order valence-electron chi connectivity index (χ2n) is 11.2. The molecule has 1 aliphatic carbocycles. The van der Waals surface area contributed by atoms with Crippen LogP contribution in [0, 0.1) is 0 Å². The van der Waals surface area contributed by atoms with Crippen LogP contribution in [-0.4, -0.2) is 53.2 Å². The predicted molar refractivity (Wildman–Crippen MR) is 180 cm³/mol. The summed E-state index contributed by atoms with van der Waals surface area (Å²) in [6, 6.07) is 11.3. The fourth-order valence-corrected chi connectivity index (χ4v) is 7.40. The number of anilines is 3. The molecular formula is C32H33Cl2N7O4S. The molecule has 2 N–H and O–H groups in total. The standard InChI is InChI=1S/C32H33Cl2N7O4S/c1-18(42)37-23-10-9-20(19-7-5-4-6-8-19)11-24(23)38-31-35-13-21-14-40(29-27(33)25(44-2)12-26(45-3)28(29)34)32(43)41(30(21)39-31)15-22-16-46-17-36-22/h4-8,12-13,16-17,20,23-24H,9-11,14-15H2,1-3H3,(H,37,42)(H,35,38,39)/t20?,23-,24+/m0/s1. The molecule has 1 saturated carbocycles. The van der Waals surface area contributed by atoms with Gasteiger partial charge in [-0.2, -0.15) is 4.98 Å². The summed E-state index contributed by atoms with van der Waals surface area (Å²) in [6.07, 6.45) is 4.22. The van der Waals surface area contributed by atoms with E-state index in [1.165, 1.54) is 47.8 Å². The smallest absolute Gasteiger partial charge is 0.330 e. The molecule has 4 aromatic rings. The van der Waals surface area contributed by atoms with Gasteiger partial charge in [0.1, 0.15) is 27.4 Å². The number of thiazole rings is 1. The molecule has 1 unspecified atom stereocenters. The Bertz CT molecular complexity index is 1700. The molecule has 2 aromatic heterocycles. The van der Waals surface area contributed by atoms with Crippen LogP contribution in [0.1, 0.15) is 48.9 Å². The van der Waals surface area contributed by atoms with Gasteiger partial charge in [-0.05, 0) is 30.7 Å². The second-order valence-corrected chi connectivity index (χ2v) is 12.7. The summed E-state index contributed by atoms with van der Waals surface area (Å²) in [5, 5.41) is 8.82. The number of methoxy groups -OCH3 is 2. The number of halogens is 2. The Labute approximate surface area is 280 Å². The summed E-state index contributed by atoms with van der Waals surface area (Å²) < 4.78 is 10.9. The zero-order valence-corrected chi connectivity index (χ0v) is 27.8. The molecule has 3 amide bonds. The number of hydrogen-bond acceptors (Lipinski definition) is 9. The number of nitrogens with zero attached hydrogens (tertiary/aromatic N) is 5. The van der Waals surface area contributed by atoms with Gasteiger partial charge >= 0.3 is 6.03 Å². The van der Waals surface area contributed by atoms with Crippen LogP contribution in [0.3, 0.4) is 0 Å². The number of fused-ring (bicyclic) bond motifs is 1. The number of benzene rings is 2. The Kier molecular flexibility index (Phi) is 9.48. The molecule has 2 aromatic carbocycles. The summed E-state index contributed by atoms with van der Waals surface area (Å²) in [4.78, 5) is 43.4. The van der Waals surface area contributed by atoms with Crippen molar-refractivity contribution in [3.63, 3.8) is 0 Å². The maximum Gasteiger partial charge on any atom is 0.330 e. The Morgan fingerprint density at radius 3 is 2.46 bits per heavy atom. The van der Waals surface area contributed by atoms with E-state index in [1.807, 2.05) is 23.6 Å². The van der Waals surface area contributed by atoms with E-state index in [0.717, 1.165) is 19.3 Å². The van der Waals surface area contributed by atoms with Crippen molar-refractivity contribution in [3.05, 3.63) is 80.4 Å². The van der Waals surface area contributed by atoms with Crippen LogP contribution in [0.4, 0.5) is 22.2 Å². The third-order valence-electron chi connectivity index (χ3n) is 8.34. The number of rotatable bonds is 9. The van der Waals surface area contributed by atoms with E-state index in [1.54, 1.807) is 17.8 Å². The molecule has 2 aliphatic rings. The summed E-state index contributed by atoms with van der Waals surface area (Å²) in [7, 11) is 2.96. The average molecular weight is 683 g/mol. The fraction of sp³-hybridized carbons (Fsp3) is 0.344. The van der Waals surface area contributed by atoms with Crippen molar-refractivity contribution in [2.75, 3.05) is 29.3 Å². The molecule has 240 valence electrons. The Morgan fingerprint density at radius 2 is 1.80 bits per heavy atom. The topological polar surface area (TPSA) is 122 Å². The van der Waals surface area contributed by atoms with E-state index < -0.39 is 6.03 Å². The highest BCUT2D eigenvalue weighted by molar-refractivity contribution is 7.07. The number of carbonyl (C=O) groups is 2. The maximum atomic E-state index is 14.3. The fourth-order valence-electron chi connectivity index (χ4n) is 6.15. The largest absolute Gasteiger partial charge is 0.495 e. The lowest BCUT2D eigenvalue weighted by atomic mass is 9.78. The molecule has 11 nitrogen and oxygen atoms in total. The van der Waals surface area contributed by atoms with Gasteiger partial charge in [0.25, 0.3) is 0 Å². The van der Waals surface area contributed by atoms with E-state index in [4.69, 9.17) is 37.7 Å². The Balaban J connectivity index is 1.36. The molecule has 0 spiro atoms. The monoisotopic (exact) mass is 681 g/mol. The van der Waals surface area contributed by atoms with E-state index in [9.17, 15) is 9.59 Å². The van der Waals surface area contributed by atoms with Crippen LogP contribution in [-0.2, 0) is 17.9 Å². The van der Waals surface area contributed by atoms with Crippen LogP contribution in [0.15, 0.2) is 53.5 Å². The summed E-state index contributed by atoms with van der Waals surface area (Å²) in [6.45, 7) is 1.79. The molecule has 0 saturated heterocycles. The molecule has 1 aliphatic heterocycles. The van der Waals surface area contributed by atoms with E-state index in [0.29, 0.717) is 40.4 Å². The molecule has 3 heterocycles. The number of carbonyl (C=O) groups excluding carboxylic acids is 2. The highest BCUT2D eigenvalue weighted by atomic mass is 35.5. The number of hydrogen-bond donors (Lipinski definition) is 2. The van der Waals surface area contributed by atoms with Gasteiger partial charge in [-0.15, -0.1) is 11.3 Å². The normalized spacial score (nSPS) is 19.4. The quantitative estimate of drug-likeness (QED) is 0.201. The van der Waals surface area contributed by atoms with Gasteiger partial charge in [-0.3, -0.25) is 14.6 Å². The van der Waals surface area contributed by atoms with Gasteiger partial charge in [0.2, 0.25) is 11.9 Å². The van der Waals surface area contributed by atoms with Gasteiger partial charge in [0.15, 0.2) is 0 Å². The van der Waals surface area contributed by atoms with Crippen molar-refractivity contribution in [2.45, 2.75) is 57.3 Å². The first-order chi connectivity index (χ1) is 22.3. The minimum absolute atomic E-state index is 0.0899. The summed E-state index contributed by atoms with van der Waals surface area (Å²) >= 11 is 14.9. The molecule has 3 atom stereocenters. The summed E-state index contributed by atoms with van der Waals surface area (Å²) in [5.74, 6) is 1.65. The van der Waals surface area contributed by atoms with Crippen molar-refractivity contribution in [3.8, 4) is 11.5 Å². The van der Waals surface area contributed by atoms with Crippen molar-refractivity contribution >= 4 is 63.9 Å². The molecule has 14 heteroatoms. The highest BCUT2D eigenvalue weighted by Gasteiger charge is 2.38. The lowest BCUT2D eigenvalue weighted by Gasteiger charge is -2.38. The Hall–Kier alpha value is -4.13. The first kappa shape index (κ1) is 31.8. The number of amides is 3. The van der Waals surface area contributed by atoms with Crippen LogP contribution in [0.25, 0.3) is 0 Å². The number of aromatic nitrogens is 3. The SMILES string of the molecule is COc1cc(OC)c(Cl)c(N2Cc3cnc(N[C@@H]4CC(c5ccccc5)CC[C@@H]4NC(C)=O)nc3N(Cc3cscn3)C2=O)c1Cl. The van der Waals surface area contributed by atoms with Crippen LogP contribution < -0.4 is 29.9 Å². The van der Waals surface area contributed by atoms with Crippen molar-refractivity contribution in [2.24, 2.45) is 0 Å². The zero-order valence-electron chi connectivity index (χ0n) is 25.5. The van der Waals surface area contributed by atoms with E-state index >= 15 is 0 Å². The highest BCUT2D eigenvalue weighted by Crippen LogP contribution is 2.48. The third-order valence-corrected chi connectivity index (χ3v) is 9.70. The number of nitrogens with one attached hydrogen (secondary N) is 2. The molecule has 46 heavy (non-hydrogen) atoms. The van der Waals surface area contributed by atoms with Crippen molar-refractivity contribution in [1.82, 2.24) is 20.3 Å². The zero-order chi connectivity index (χ0) is 32.4. The molecular weight excluding hydrogens is 649 g/mol. The van der Waals surface area contributed by atoms with Gasteiger partial charge in [-0.1, -0.05) is 53.5 Å². The van der Waals surface area contributed by atoms with Gasteiger partial charge in [0, 0.05) is 42.2 Å². The third kappa shape index (κ3) is 6.42. The number of ether oxygens (including phenoxy) is 2. The molecule has 0 radical (unpaired) electrons. The average Bonchev–Trinajstić information content (AvgIpc) is 3.57. The van der Waals surface area contributed by atoms with Gasteiger partial charge in [0.05, 0.1) is 44.2 Å². The van der Waals surface area contributed by atoms with Crippen LogP contribution in [0.2, 0.25) is 10.0 Å². The number of urea groups is 1. The first-order valence-electron chi connectivity index (χ1n) is 14.8. The van der Waals surface area contributed by atoms with E-state index in [2.05, 4.69) is 32.7 Å². The van der Waals surface area contributed by atoms with Gasteiger partial charge < -0.3 is 20.1 Å². The summed E-state index contributed by atoms with van der Waals surface area (Å²) in [5.41, 5.74) is 4.60. The lowest BCUT2D eigenvalue weighted by molar-refractivity contribution is -0.119. The molecule has 1 fully saturated rings. The van der Waals surface area contributed by atoms with Crippen molar-refractivity contribution in [1.29, 1.82) is 0 Å². The lowest BCUT2D eigenvalue weighted by Crippen LogP contribution is -2.50. The maximum absolute atomic E-state index is 14.3. The minimum Gasteiger partial charge on any atom is -0.495 e. The van der Waals surface area contributed by atoms with E-state index in [-0.39, 0.29) is 46.8 Å².